The average Bonchev–Trinajstić information content (AvgIpc) is 3.92. The number of hydrogen-bond acceptors (Lipinski definition) is 8. The molecule has 3 aromatic heterocycles. The molecule has 44 heavy (non-hydrogen) atoms. The van der Waals surface area contributed by atoms with Crippen LogP contribution in [0.3, 0.4) is 0 Å². The van der Waals surface area contributed by atoms with Crippen LogP contribution in [0.4, 0.5) is 30.4 Å². The number of anilines is 3. The molecule has 1 unspecified atom stereocenters. The molecule has 2 saturated carbocycles. The van der Waals surface area contributed by atoms with Crippen molar-refractivity contribution in [3.05, 3.63) is 67.5 Å². The van der Waals surface area contributed by atoms with Crippen molar-refractivity contribution in [3.8, 4) is 0 Å². The van der Waals surface area contributed by atoms with Gasteiger partial charge in [-0.2, -0.15) is 0 Å². The van der Waals surface area contributed by atoms with E-state index in [1.54, 1.807) is 9.47 Å². The number of fused-ring (bicyclic) bond motifs is 2. The van der Waals surface area contributed by atoms with Crippen LogP contribution in [-0.2, 0) is 0 Å². The number of hydrogen-bond donors (Lipinski definition) is 4. The van der Waals surface area contributed by atoms with E-state index < -0.39 is 74.2 Å². The van der Waals surface area contributed by atoms with Gasteiger partial charge in [-0.1, -0.05) is 0 Å². The summed E-state index contributed by atoms with van der Waals surface area (Å²) in [7, 11) is 0. The Labute approximate surface area is 245 Å². The van der Waals surface area contributed by atoms with Crippen LogP contribution in [0.5, 0.6) is 0 Å². The molecule has 15 heteroatoms. The van der Waals surface area contributed by atoms with E-state index >= 15 is 13.2 Å². The van der Waals surface area contributed by atoms with Crippen LogP contribution < -0.4 is 26.8 Å². The number of carboxylic acid groups (broad SMARTS) is 2. The Balaban J connectivity index is 1.25. The van der Waals surface area contributed by atoms with Crippen LogP contribution in [0.25, 0.3) is 21.9 Å². The third-order valence-electron chi connectivity index (χ3n) is 8.50. The lowest BCUT2D eigenvalue weighted by Crippen LogP contribution is -2.29. The predicted molar refractivity (Wildman–Crippen MR) is 153 cm³/mol. The van der Waals surface area contributed by atoms with E-state index in [1.807, 2.05) is 0 Å². The molecular weight excluding hydrogens is 585 g/mol. The minimum Gasteiger partial charge on any atom is -0.477 e. The first-order valence-corrected chi connectivity index (χ1v) is 14.0. The zero-order valence-corrected chi connectivity index (χ0v) is 22.9. The van der Waals surface area contributed by atoms with E-state index in [-0.39, 0.29) is 47.5 Å². The van der Waals surface area contributed by atoms with Crippen molar-refractivity contribution in [1.29, 1.82) is 0 Å². The molecular formula is C29H25F3N6O6. The van der Waals surface area contributed by atoms with E-state index in [0.717, 1.165) is 25.1 Å². The number of aromatic carboxylic acids is 2. The Morgan fingerprint density at radius 3 is 2.16 bits per heavy atom. The number of nitrogens with one attached hydrogen (secondary N) is 1. The molecule has 1 atom stereocenters. The fraction of sp³-hybridized carbons (Fsp3) is 0.345. The molecule has 1 aliphatic heterocycles. The van der Waals surface area contributed by atoms with Gasteiger partial charge in [-0.25, -0.2) is 27.7 Å². The standard InChI is InChI=1S/C29H25F3N6O6/c30-17-7-14-24(39)15(28(41)42)10-38(13-3-4-13)26(14)35-27(17)36-6-5-11(8-36)34-22-19(31)21(33)18-23(20(22)32)37(12-1-2-12)9-16(25(18)40)29(43)44/h7,9-13,34H,1-6,8,33H2,(H,41,42)(H,43,44). The second-order valence-electron chi connectivity index (χ2n) is 11.5. The summed E-state index contributed by atoms with van der Waals surface area (Å²) in [6.07, 6.45) is 5.32. The van der Waals surface area contributed by atoms with Gasteiger partial charge in [0.05, 0.1) is 22.0 Å². The van der Waals surface area contributed by atoms with E-state index in [0.29, 0.717) is 19.3 Å². The van der Waals surface area contributed by atoms with Crippen molar-refractivity contribution >= 4 is 51.1 Å². The van der Waals surface area contributed by atoms with Crippen molar-refractivity contribution in [1.82, 2.24) is 14.1 Å². The Kier molecular flexibility index (Phi) is 6.13. The molecule has 0 amide bonds. The second-order valence-corrected chi connectivity index (χ2v) is 11.5. The maximum Gasteiger partial charge on any atom is 0.341 e. The van der Waals surface area contributed by atoms with Gasteiger partial charge in [0.1, 0.15) is 22.5 Å². The Hall–Kier alpha value is -5.08. The van der Waals surface area contributed by atoms with Crippen LogP contribution >= 0.6 is 0 Å². The highest BCUT2D eigenvalue weighted by Crippen LogP contribution is 2.41. The Bertz CT molecular complexity index is 2070. The first-order valence-electron chi connectivity index (χ1n) is 14.0. The van der Waals surface area contributed by atoms with Crippen molar-refractivity contribution < 1.29 is 33.0 Å². The minimum absolute atomic E-state index is 0.0561. The van der Waals surface area contributed by atoms with Gasteiger partial charge in [0.15, 0.2) is 23.3 Å². The maximum absolute atomic E-state index is 16.0. The lowest BCUT2D eigenvalue weighted by Gasteiger charge is -2.22. The summed E-state index contributed by atoms with van der Waals surface area (Å²) in [6.45, 7) is 0.287. The highest BCUT2D eigenvalue weighted by atomic mass is 19.1. The van der Waals surface area contributed by atoms with Crippen LogP contribution in [0.2, 0.25) is 0 Å². The van der Waals surface area contributed by atoms with Crippen molar-refractivity contribution in [3.63, 3.8) is 0 Å². The molecule has 0 spiro atoms. The summed E-state index contributed by atoms with van der Waals surface area (Å²) < 4.78 is 49.8. The Morgan fingerprint density at radius 1 is 0.909 bits per heavy atom. The molecule has 1 saturated heterocycles. The number of nitrogens with two attached hydrogens (primary N) is 1. The first kappa shape index (κ1) is 27.7. The molecule has 4 heterocycles. The van der Waals surface area contributed by atoms with Crippen molar-refractivity contribution in [2.75, 3.05) is 29.0 Å². The summed E-state index contributed by atoms with van der Waals surface area (Å²) in [5, 5.41) is 21.1. The number of benzene rings is 1. The van der Waals surface area contributed by atoms with Gasteiger partial charge in [0, 0.05) is 43.6 Å². The highest BCUT2D eigenvalue weighted by Gasteiger charge is 2.34. The molecule has 12 nitrogen and oxygen atoms in total. The SMILES string of the molecule is Nc1c(F)c(NC2CCN(c3nc4c(cc3F)c(=O)c(C(=O)O)cn4C3CC3)C2)c(F)c2c1c(=O)c(C(=O)O)cn2C1CC1. The maximum atomic E-state index is 16.0. The molecule has 1 aromatic carbocycles. The summed E-state index contributed by atoms with van der Waals surface area (Å²) in [6, 6.07) is 0.0100. The molecule has 4 aromatic rings. The number of nitrogens with zero attached hydrogens (tertiary/aromatic N) is 4. The number of aromatic nitrogens is 3. The quantitative estimate of drug-likeness (QED) is 0.227. The molecule has 2 aliphatic carbocycles. The van der Waals surface area contributed by atoms with Crippen LogP contribution in [0.15, 0.2) is 28.0 Å². The van der Waals surface area contributed by atoms with Crippen LogP contribution in [0, 0.1) is 17.5 Å². The summed E-state index contributed by atoms with van der Waals surface area (Å²) in [5.41, 5.74) is 1.51. The van der Waals surface area contributed by atoms with E-state index in [1.165, 1.54) is 10.8 Å². The van der Waals surface area contributed by atoms with Gasteiger partial charge >= 0.3 is 11.9 Å². The fourth-order valence-corrected chi connectivity index (χ4v) is 6.00. The monoisotopic (exact) mass is 610 g/mol. The highest BCUT2D eigenvalue weighted by molar-refractivity contribution is 6.00. The number of nitrogen functional groups attached to an aromatic ring is 1. The van der Waals surface area contributed by atoms with E-state index in [4.69, 9.17) is 5.73 Å². The number of pyridine rings is 3. The summed E-state index contributed by atoms with van der Waals surface area (Å²) in [5.74, 6) is -6.24. The van der Waals surface area contributed by atoms with E-state index in [2.05, 4.69) is 10.3 Å². The molecule has 228 valence electrons. The molecule has 3 fully saturated rings. The number of carboxylic acids is 2. The third-order valence-corrected chi connectivity index (χ3v) is 8.50. The van der Waals surface area contributed by atoms with Gasteiger partial charge < -0.3 is 35.3 Å². The number of carbonyl (C=O) groups is 2. The largest absolute Gasteiger partial charge is 0.477 e. The van der Waals surface area contributed by atoms with Gasteiger partial charge in [0.25, 0.3) is 0 Å². The average molecular weight is 611 g/mol. The Morgan fingerprint density at radius 2 is 1.52 bits per heavy atom. The molecule has 7 rings (SSSR count). The second kappa shape index (κ2) is 9.72. The van der Waals surface area contributed by atoms with Gasteiger partial charge in [-0.05, 0) is 38.2 Å². The fourth-order valence-electron chi connectivity index (χ4n) is 6.00. The smallest absolute Gasteiger partial charge is 0.341 e. The molecule has 0 bridgehead atoms. The lowest BCUT2D eigenvalue weighted by molar-refractivity contribution is 0.0684. The van der Waals surface area contributed by atoms with Crippen LogP contribution in [0.1, 0.15) is 64.9 Å². The van der Waals surface area contributed by atoms with Gasteiger partial charge in [0.2, 0.25) is 10.9 Å². The number of halogens is 3. The predicted octanol–water partition coefficient (Wildman–Crippen LogP) is 3.47. The topological polar surface area (TPSA) is 173 Å². The van der Waals surface area contributed by atoms with Crippen molar-refractivity contribution in [2.45, 2.75) is 50.2 Å². The third kappa shape index (κ3) is 4.25. The minimum atomic E-state index is -1.54. The van der Waals surface area contributed by atoms with Gasteiger partial charge in [-0.3, -0.25) is 9.59 Å². The lowest BCUT2D eigenvalue weighted by atomic mass is 10.1. The normalized spacial score (nSPS) is 18.3. The molecule has 5 N–H and O–H groups in total. The van der Waals surface area contributed by atoms with Crippen LogP contribution in [-0.4, -0.2) is 55.4 Å². The zero-order valence-electron chi connectivity index (χ0n) is 22.9. The van der Waals surface area contributed by atoms with Gasteiger partial charge in [-0.15, -0.1) is 0 Å². The molecule has 0 radical (unpaired) electrons. The summed E-state index contributed by atoms with van der Waals surface area (Å²) in [4.78, 5) is 54.9. The number of rotatable bonds is 7. The van der Waals surface area contributed by atoms with E-state index in [9.17, 15) is 29.4 Å². The zero-order chi connectivity index (χ0) is 31.2. The molecule has 3 aliphatic rings. The first-order chi connectivity index (χ1) is 21.0. The van der Waals surface area contributed by atoms with Crippen molar-refractivity contribution in [2.24, 2.45) is 0 Å². The summed E-state index contributed by atoms with van der Waals surface area (Å²) >= 11 is 0.